The molecular weight excluding hydrogens is 198 g/mol. The smallest absolute Gasteiger partial charge is 0.0217 e. The van der Waals surface area contributed by atoms with Crippen LogP contribution < -0.4 is 5.32 Å². The molecule has 0 radical (unpaired) electrons. The maximum Gasteiger partial charge on any atom is 0.0217 e. The standard InChI is InChI=1S/C13H31N3/c1-7-8-14-13(12(2)3)11-16(6)10-9-15(4)5/h12-14H,7-11H2,1-6H3. The molecule has 1 atom stereocenters. The number of nitrogens with one attached hydrogen (secondary N) is 1. The highest BCUT2D eigenvalue weighted by Crippen LogP contribution is 2.03. The summed E-state index contributed by atoms with van der Waals surface area (Å²) in [5.74, 6) is 0.702. The van der Waals surface area contributed by atoms with Gasteiger partial charge in [-0.2, -0.15) is 0 Å². The Morgan fingerprint density at radius 3 is 2.12 bits per heavy atom. The Hall–Kier alpha value is -0.120. The highest BCUT2D eigenvalue weighted by Gasteiger charge is 2.14. The van der Waals surface area contributed by atoms with E-state index in [2.05, 4.69) is 57.0 Å². The summed E-state index contributed by atoms with van der Waals surface area (Å²) in [4.78, 5) is 4.66. The van der Waals surface area contributed by atoms with Crippen LogP contribution in [0.5, 0.6) is 0 Å². The highest BCUT2D eigenvalue weighted by molar-refractivity contribution is 4.74. The lowest BCUT2D eigenvalue weighted by molar-refractivity contribution is 0.233. The molecule has 0 aliphatic carbocycles. The molecular formula is C13H31N3. The minimum atomic E-state index is 0.618. The average molecular weight is 229 g/mol. The van der Waals surface area contributed by atoms with Crippen molar-refractivity contribution < 1.29 is 0 Å². The fraction of sp³-hybridized carbons (Fsp3) is 1.00. The van der Waals surface area contributed by atoms with E-state index in [1.54, 1.807) is 0 Å². The first kappa shape index (κ1) is 15.9. The van der Waals surface area contributed by atoms with Gasteiger partial charge < -0.3 is 15.1 Å². The second-order valence-electron chi connectivity index (χ2n) is 5.37. The molecule has 0 rings (SSSR count). The van der Waals surface area contributed by atoms with E-state index in [0.717, 1.165) is 26.2 Å². The van der Waals surface area contributed by atoms with Crippen molar-refractivity contribution in [1.29, 1.82) is 0 Å². The molecule has 0 heterocycles. The maximum atomic E-state index is 3.63. The topological polar surface area (TPSA) is 18.5 Å². The van der Waals surface area contributed by atoms with Gasteiger partial charge >= 0.3 is 0 Å². The van der Waals surface area contributed by atoms with Gasteiger partial charge in [-0.15, -0.1) is 0 Å². The Morgan fingerprint density at radius 2 is 1.69 bits per heavy atom. The van der Waals surface area contributed by atoms with E-state index in [4.69, 9.17) is 0 Å². The van der Waals surface area contributed by atoms with E-state index in [1.165, 1.54) is 6.42 Å². The average Bonchev–Trinajstić information content (AvgIpc) is 2.20. The van der Waals surface area contributed by atoms with E-state index < -0.39 is 0 Å². The summed E-state index contributed by atoms with van der Waals surface area (Å²) in [5, 5.41) is 3.63. The van der Waals surface area contributed by atoms with Gasteiger partial charge in [-0.1, -0.05) is 20.8 Å². The fourth-order valence-corrected chi connectivity index (χ4v) is 1.64. The normalized spacial score (nSPS) is 14.1. The van der Waals surface area contributed by atoms with Crippen molar-refractivity contribution in [2.75, 3.05) is 47.3 Å². The number of rotatable bonds is 9. The Morgan fingerprint density at radius 1 is 1.06 bits per heavy atom. The van der Waals surface area contributed by atoms with Gasteiger partial charge in [0.2, 0.25) is 0 Å². The van der Waals surface area contributed by atoms with Crippen LogP contribution >= 0.6 is 0 Å². The minimum absolute atomic E-state index is 0.618. The third-order valence-electron chi connectivity index (χ3n) is 2.90. The van der Waals surface area contributed by atoms with Gasteiger partial charge in [0.25, 0.3) is 0 Å². The largest absolute Gasteiger partial charge is 0.312 e. The second-order valence-corrected chi connectivity index (χ2v) is 5.37. The Balaban J connectivity index is 3.88. The molecule has 98 valence electrons. The zero-order valence-corrected chi connectivity index (χ0v) is 12.1. The molecule has 0 aromatic rings. The zero-order valence-electron chi connectivity index (χ0n) is 12.1. The monoisotopic (exact) mass is 229 g/mol. The van der Waals surface area contributed by atoms with E-state index >= 15 is 0 Å². The summed E-state index contributed by atoms with van der Waals surface area (Å²) in [6.07, 6.45) is 1.21. The summed E-state index contributed by atoms with van der Waals surface area (Å²) in [6, 6.07) is 0.618. The Bertz CT molecular complexity index is 157. The van der Waals surface area contributed by atoms with Crippen molar-refractivity contribution in [2.24, 2.45) is 5.92 Å². The fourth-order valence-electron chi connectivity index (χ4n) is 1.64. The molecule has 16 heavy (non-hydrogen) atoms. The molecule has 3 nitrogen and oxygen atoms in total. The lowest BCUT2D eigenvalue weighted by atomic mass is 10.0. The summed E-state index contributed by atoms with van der Waals surface area (Å²) in [6.45, 7) is 11.4. The molecule has 0 aliphatic rings. The van der Waals surface area contributed by atoms with Crippen molar-refractivity contribution in [2.45, 2.75) is 33.2 Å². The van der Waals surface area contributed by atoms with Crippen molar-refractivity contribution in [3.8, 4) is 0 Å². The first-order valence-electron chi connectivity index (χ1n) is 6.54. The SMILES string of the molecule is CCCNC(CN(C)CCN(C)C)C(C)C. The summed E-state index contributed by atoms with van der Waals surface area (Å²) >= 11 is 0. The van der Waals surface area contributed by atoms with Crippen LogP contribution in [0.2, 0.25) is 0 Å². The van der Waals surface area contributed by atoms with Gasteiger partial charge in [-0.05, 0) is 40.0 Å². The van der Waals surface area contributed by atoms with E-state index in [0.29, 0.717) is 12.0 Å². The quantitative estimate of drug-likeness (QED) is 0.646. The van der Waals surface area contributed by atoms with Gasteiger partial charge in [-0.3, -0.25) is 0 Å². The lowest BCUT2D eigenvalue weighted by Gasteiger charge is -2.28. The predicted octanol–water partition coefficient (Wildman–Crippen LogP) is 1.50. The van der Waals surface area contributed by atoms with Gasteiger partial charge in [0, 0.05) is 25.7 Å². The van der Waals surface area contributed by atoms with Crippen LogP contribution in [-0.4, -0.2) is 63.2 Å². The molecule has 1 N–H and O–H groups in total. The molecule has 0 bridgehead atoms. The van der Waals surface area contributed by atoms with Crippen LogP contribution in [0.1, 0.15) is 27.2 Å². The molecule has 3 heteroatoms. The Kier molecular flexibility index (Phi) is 8.90. The lowest BCUT2D eigenvalue weighted by Crippen LogP contribution is -2.44. The zero-order chi connectivity index (χ0) is 12.6. The molecule has 0 aliphatic heterocycles. The van der Waals surface area contributed by atoms with Crippen LogP contribution in [0.3, 0.4) is 0 Å². The molecule has 0 amide bonds. The van der Waals surface area contributed by atoms with Gasteiger partial charge in [0.05, 0.1) is 0 Å². The first-order valence-corrected chi connectivity index (χ1v) is 6.54. The van der Waals surface area contributed by atoms with E-state index in [-0.39, 0.29) is 0 Å². The summed E-state index contributed by atoms with van der Waals surface area (Å²) in [7, 11) is 6.47. The highest BCUT2D eigenvalue weighted by atomic mass is 15.2. The predicted molar refractivity (Wildman–Crippen MR) is 73.0 cm³/mol. The van der Waals surface area contributed by atoms with Crippen molar-refractivity contribution in [3.63, 3.8) is 0 Å². The maximum absolute atomic E-state index is 3.63. The number of likely N-dealkylation sites (N-methyl/N-ethyl adjacent to an activating group) is 2. The number of hydrogen-bond donors (Lipinski definition) is 1. The van der Waals surface area contributed by atoms with Crippen LogP contribution in [0.4, 0.5) is 0 Å². The summed E-state index contributed by atoms with van der Waals surface area (Å²) < 4.78 is 0. The van der Waals surface area contributed by atoms with Crippen LogP contribution in [0.25, 0.3) is 0 Å². The van der Waals surface area contributed by atoms with Gasteiger partial charge in [0.15, 0.2) is 0 Å². The molecule has 1 unspecified atom stereocenters. The third kappa shape index (κ3) is 8.08. The minimum Gasteiger partial charge on any atom is -0.312 e. The van der Waals surface area contributed by atoms with Crippen LogP contribution in [-0.2, 0) is 0 Å². The molecule has 0 saturated heterocycles. The van der Waals surface area contributed by atoms with Crippen molar-refractivity contribution in [3.05, 3.63) is 0 Å². The van der Waals surface area contributed by atoms with Crippen molar-refractivity contribution in [1.82, 2.24) is 15.1 Å². The molecule has 0 saturated carbocycles. The van der Waals surface area contributed by atoms with Gasteiger partial charge in [0.1, 0.15) is 0 Å². The number of nitrogens with zero attached hydrogens (tertiary/aromatic N) is 2. The van der Waals surface area contributed by atoms with E-state index in [1.807, 2.05) is 0 Å². The molecule has 0 aromatic heterocycles. The van der Waals surface area contributed by atoms with Crippen molar-refractivity contribution >= 4 is 0 Å². The first-order chi connectivity index (χ1) is 7.47. The number of hydrogen-bond acceptors (Lipinski definition) is 3. The van der Waals surface area contributed by atoms with Crippen LogP contribution in [0.15, 0.2) is 0 Å². The second kappa shape index (κ2) is 8.97. The molecule has 0 fully saturated rings. The molecule has 0 aromatic carbocycles. The molecule has 0 spiro atoms. The summed E-state index contributed by atoms with van der Waals surface area (Å²) in [5.41, 5.74) is 0. The third-order valence-corrected chi connectivity index (χ3v) is 2.90. The van der Waals surface area contributed by atoms with E-state index in [9.17, 15) is 0 Å². The van der Waals surface area contributed by atoms with Gasteiger partial charge in [-0.25, -0.2) is 0 Å². The Labute approximate surface area is 102 Å². The van der Waals surface area contributed by atoms with Crippen LogP contribution in [0, 0.1) is 5.92 Å².